The van der Waals surface area contributed by atoms with Crippen molar-refractivity contribution < 1.29 is 4.74 Å². The minimum Gasteiger partial charge on any atom is -0.493 e. The van der Waals surface area contributed by atoms with Crippen LogP contribution in [0, 0.1) is 0 Å². The highest BCUT2D eigenvalue weighted by molar-refractivity contribution is 9.10. The summed E-state index contributed by atoms with van der Waals surface area (Å²) in [5, 5.41) is 6.93. The quantitative estimate of drug-likeness (QED) is 0.863. The van der Waals surface area contributed by atoms with E-state index in [4.69, 9.17) is 4.74 Å². The Morgan fingerprint density at radius 3 is 3.24 bits per heavy atom. The van der Waals surface area contributed by atoms with Gasteiger partial charge in [0.25, 0.3) is 0 Å². The molecule has 21 heavy (non-hydrogen) atoms. The number of hydrogen-bond donors (Lipinski definition) is 1. The van der Waals surface area contributed by atoms with E-state index in [1.54, 1.807) is 11.3 Å². The molecule has 0 radical (unpaired) electrons. The molecule has 1 aliphatic rings. The van der Waals surface area contributed by atoms with E-state index in [1.165, 1.54) is 10.6 Å². The van der Waals surface area contributed by atoms with Crippen LogP contribution < -0.4 is 10.1 Å². The fraction of sp³-hybridized carbons (Fsp3) is 0.438. The summed E-state index contributed by atoms with van der Waals surface area (Å²) in [7, 11) is 0. The van der Waals surface area contributed by atoms with Gasteiger partial charge in [-0.15, -0.1) is 11.3 Å². The molecule has 3 rings (SSSR count). The molecule has 0 amide bonds. The summed E-state index contributed by atoms with van der Waals surface area (Å²) < 4.78 is 6.93. The molecule has 0 saturated carbocycles. The summed E-state index contributed by atoms with van der Waals surface area (Å²) in [6.07, 6.45) is 4.07. The van der Waals surface area contributed by atoms with Crippen LogP contribution in [-0.2, 0) is 0 Å². The van der Waals surface area contributed by atoms with Crippen LogP contribution >= 0.6 is 27.3 Å². The maximum Gasteiger partial charge on any atom is 0.125 e. The number of hydrogen-bond acceptors (Lipinski definition) is 4. The average Bonchev–Trinajstić information content (AvgIpc) is 2.94. The maximum atomic E-state index is 5.86. The number of aromatic nitrogens is 1. The van der Waals surface area contributed by atoms with Crippen LogP contribution in [0.5, 0.6) is 5.75 Å². The molecule has 1 aliphatic heterocycles. The SMILES string of the molecule is CC(CNC1CCCOc2cc(Br)ccc21)c1nccs1. The van der Waals surface area contributed by atoms with Gasteiger partial charge in [-0.25, -0.2) is 4.98 Å². The van der Waals surface area contributed by atoms with Crippen molar-refractivity contribution >= 4 is 27.3 Å². The molecule has 0 saturated heterocycles. The standard InChI is InChI=1S/C16H19BrN2OS/c1-11(16-18-6-8-21-16)10-19-14-3-2-7-20-15-9-12(17)4-5-13(14)15/h4-6,8-9,11,14,19H,2-3,7,10H2,1H3. The molecule has 1 aromatic carbocycles. The Morgan fingerprint density at radius 1 is 1.52 bits per heavy atom. The summed E-state index contributed by atoms with van der Waals surface area (Å²) in [4.78, 5) is 4.40. The Labute approximate surface area is 137 Å². The third-order valence-corrected chi connectivity index (χ3v) is 5.29. The predicted octanol–water partition coefficient (Wildman–Crippen LogP) is 4.51. The summed E-state index contributed by atoms with van der Waals surface area (Å²) in [6.45, 7) is 3.96. The molecule has 112 valence electrons. The first kappa shape index (κ1) is 15.0. The average molecular weight is 367 g/mol. The monoisotopic (exact) mass is 366 g/mol. The van der Waals surface area contributed by atoms with Gasteiger partial charge in [0.05, 0.1) is 11.6 Å². The van der Waals surface area contributed by atoms with E-state index in [0.29, 0.717) is 12.0 Å². The number of thiazole rings is 1. The van der Waals surface area contributed by atoms with Crippen LogP contribution in [0.25, 0.3) is 0 Å². The van der Waals surface area contributed by atoms with Gasteiger partial charge >= 0.3 is 0 Å². The molecular formula is C16H19BrN2OS. The first-order chi connectivity index (χ1) is 10.2. The topological polar surface area (TPSA) is 34.1 Å². The molecule has 1 N–H and O–H groups in total. The Balaban J connectivity index is 1.71. The van der Waals surface area contributed by atoms with Gasteiger partial charge in [0, 0.05) is 40.1 Å². The molecule has 2 unspecified atom stereocenters. The molecule has 3 nitrogen and oxygen atoms in total. The number of nitrogens with one attached hydrogen (secondary N) is 1. The Morgan fingerprint density at radius 2 is 2.43 bits per heavy atom. The Bertz CT molecular complexity index is 588. The van der Waals surface area contributed by atoms with E-state index in [0.717, 1.165) is 36.2 Å². The van der Waals surface area contributed by atoms with E-state index in [9.17, 15) is 0 Å². The lowest BCUT2D eigenvalue weighted by molar-refractivity contribution is 0.315. The number of rotatable bonds is 4. The highest BCUT2D eigenvalue weighted by Crippen LogP contribution is 2.34. The van der Waals surface area contributed by atoms with Gasteiger partial charge in [-0.1, -0.05) is 28.9 Å². The third-order valence-electron chi connectivity index (χ3n) is 3.79. The van der Waals surface area contributed by atoms with Crippen LogP contribution in [0.15, 0.2) is 34.2 Å². The van der Waals surface area contributed by atoms with Gasteiger partial charge < -0.3 is 10.1 Å². The molecule has 0 fully saturated rings. The van der Waals surface area contributed by atoms with Gasteiger partial charge in [-0.05, 0) is 25.0 Å². The first-order valence-electron chi connectivity index (χ1n) is 7.29. The molecular weight excluding hydrogens is 348 g/mol. The minimum absolute atomic E-state index is 0.359. The molecule has 0 aliphatic carbocycles. The third kappa shape index (κ3) is 3.65. The Hall–Kier alpha value is -0.910. The molecule has 2 atom stereocenters. The lowest BCUT2D eigenvalue weighted by atomic mass is 10.0. The maximum absolute atomic E-state index is 5.86. The zero-order valence-electron chi connectivity index (χ0n) is 12.0. The van der Waals surface area contributed by atoms with Crippen LogP contribution in [0.4, 0.5) is 0 Å². The van der Waals surface area contributed by atoms with Gasteiger partial charge in [0.1, 0.15) is 5.75 Å². The van der Waals surface area contributed by atoms with E-state index >= 15 is 0 Å². The van der Waals surface area contributed by atoms with E-state index in [2.05, 4.69) is 51.4 Å². The number of ether oxygens (including phenoxy) is 1. The van der Waals surface area contributed by atoms with Crippen LogP contribution in [-0.4, -0.2) is 18.1 Å². The van der Waals surface area contributed by atoms with Gasteiger partial charge in [-0.3, -0.25) is 0 Å². The summed E-state index contributed by atoms with van der Waals surface area (Å²) in [5.41, 5.74) is 1.27. The number of benzene rings is 1. The lowest BCUT2D eigenvalue weighted by Gasteiger charge is -2.20. The second-order valence-corrected chi connectivity index (χ2v) is 7.25. The molecule has 0 spiro atoms. The van der Waals surface area contributed by atoms with Crippen molar-refractivity contribution in [3.8, 4) is 5.75 Å². The predicted molar refractivity (Wildman–Crippen MR) is 90.1 cm³/mol. The van der Waals surface area contributed by atoms with Crippen LogP contribution in [0.2, 0.25) is 0 Å². The minimum atomic E-state index is 0.359. The number of halogens is 1. The van der Waals surface area contributed by atoms with Crippen molar-refractivity contribution in [2.45, 2.75) is 31.7 Å². The highest BCUT2D eigenvalue weighted by atomic mass is 79.9. The summed E-state index contributed by atoms with van der Waals surface area (Å²) >= 11 is 5.24. The van der Waals surface area contributed by atoms with Gasteiger partial charge in [-0.2, -0.15) is 0 Å². The molecule has 2 aromatic rings. The van der Waals surface area contributed by atoms with Crippen molar-refractivity contribution in [2.75, 3.05) is 13.2 Å². The second kappa shape index (κ2) is 6.90. The Kier molecular flexibility index (Phi) is 4.93. The summed E-state index contributed by atoms with van der Waals surface area (Å²) in [5.74, 6) is 1.44. The van der Waals surface area contributed by atoms with Crippen LogP contribution in [0.3, 0.4) is 0 Å². The van der Waals surface area contributed by atoms with Gasteiger partial charge in [0.2, 0.25) is 0 Å². The summed E-state index contributed by atoms with van der Waals surface area (Å²) in [6, 6.07) is 6.68. The molecule has 5 heteroatoms. The van der Waals surface area contributed by atoms with Crippen molar-refractivity contribution in [1.29, 1.82) is 0 Å². The zero-order valence-corrected chi connectivity index (χ0v) is 14.4. The lowest BCUT2D eigenvalue weighted by Crippen LogP contribution is -2.25. The van der Waals surface area contributed by atoms with Crippen LogP contribution in [0.1, 0.15) is 42.3 Å². The highest BCUT2D eigenvalue weighted by Gasteiger charge is 2.20. The fourth-order valence-corrected chi connectivity index (χ4v) is 3.68. The normalized spacial score (nSPS) is 19.4. The first-order valence-corrected chi connectivity index (χ1v) is 8.96. The van der Waals surface area contributed by atoms with Gasteiger partial charge in [0.15, 0.2) is 0 Å². The van der Waals surface area contributed by atoms with E-state index in [-0.39, 0.29) is 0 Å². The molecule has 2 heterocycles. The largest absolute Gasteiger partial charge is 0.493 e. The smallest absolute Gasteiger partial charge is 0.125 e. The zero-order chi connectivity index (χ0) is 14.7. The van der Waals surface area contributed by atoms with Crippen molar-refractivity contribution in [3.05, 3.63) is 44.8 Å². The van der Waals surface area contributed by atoms with E-state index in [1.807, 2.05) is 11.6 Å². The number of fused-ring (bicyclic) bond motifs is 1. The second-order valence-electron chi connectivity index (χ2n) is 5.41. The fourth-order valence-electron chi connectivity index (χ4n) is 2.64. The van der Waals surface area contributed by atoms with Crippen molar-refractivity contribution in [2.24, 2.45) is 0 Å². The number of nitrogens with zero attached hydrogens (tertiary/aromatic N) is 1. The van der Waals surface area contributed by atoms with Crippen molar-refractivity contribution in [1.82, 2.24) is 10.3 Å². The van der Waals surface area contributed by atoms with E-state index < -0.39 is 0 Å². The molecule has 0 bridgehead atoms. The van der Waals surface area contributed by atoms with Crippen molar-refractivity contribution in [3.63, 3.8) is 0 Å². The molecule has 1 aromatic heterocycles.